The molecule has 9 nitrogen and oxygen atoms in total. The van der Waals surface area contributed by atoms with Crippen molar-refractivity contribution in [1.29, 1.82) is 0 Å². The van der Waals surface area contributed by atoms with Gasteiger partial charge in [0.25, 0.3) is 0 Å². The molecule has 0 spiro atoms. The van der Waals surface area contributed by atoms with Gasteiger partial charge < -0.3 is 18.9 Å². The van der Waals surface area contributed by atoms with Gasteiger partial charge in [0.15, 0.2) is 6.10 Å². The number of esters is 2. The zero-order valence-electron chi connectivity index (χ0n) is 34.9. The third-order valence-corrected chi connectivity index (χ3v) is 9.55. The van der Waals surface area contributed by atoms with Crippen LogP contribution in [0.3, 0.4) is 0 Å². The van der Waals surface area contributed by atoms with Crippen molar-refractivity contribution in [2.24, 2.45) is 0 Å². The van der Waals surface area contributed by atoms with Crippen molar-refractivity contribution in [3.8, 4) is 0 Å². The molecule has 0 aliphatic carbocycles. The van der Waals surface area contributed by atoms with E-state index in [9.17, 15) is 19.0 Å². The fourth-order valence-electron chi connectivity index (χ4n) is 5.28. The van der Waals surface area contributed by atoms with Crippen LogP contribution in [0.15, 0.2) is 60.8 Å². The molecule has 312 valence electrons. The van der Waals surface area contributed by atoms with Gasteiger partial charge >= 0.3 is 19.8 Å². The summed E-state index contributed by atoms with van der Waals surface area (Å²) in [4.78, 5) is 35.3. The number of nitrogens with zero attached hydrogens (tertiary/aromatic N) is 1. The van der Waals surface area contributed by atoms with E-state index >= 15 is 0 Å². The summed E-state index contributed by atoms with van der Waals surface area (Å²) in [6, 6.07) is 0. The Hall–Kier alpha value is -2.29. The molecule has 10 heteroatoms. The minimum absolute atomic E-state index is 0.0195. The quantitative estimate of drug-likeness (QED) is 0.0218. The number of phosphoric acid groups is 1. The Bertz CT molecular complexity index is 1110. The summed E-state index contributed by atoms with van der Waals surface area (Å²) < 4.78 is 34.2. The third kappa shape index (κ3) is 39.4. The summed E-state index contributed by atoms with van der Waals surface area (Å²) in [7, 11) is 1.43. The molecule has 0 aliphatic rings. The molecule has 0 saturated heterocycles. The lowest BCUT2D eigenvalue weighted by atomic mass is 10.0. The Kier molecular flexibility index (Phi) is 34.8. The number of quaternary nitrogens is 1. The van der Waals surface area contributed by atoms with Crippen LogP contribution < -0.4 is 0 Å². The van der Waals surface area contributed by atoms with Gasteiger partial charge in [0.05, 0.1) is 27.7 Å². The van der Waals surface area contributed by atoms with Crippen LogP contribution in [0.2, 0.25) is 0 Å². The molecule has 54 heavy (non-hydrogen) atoms. The average molecular weight is 781 g/mol. The number of likely N-dealkylation sites (N-methyl/N-ethyl adjacent to an activating group) is 1. The predicted octanol–water partition coefficient (Wildman–Crippen LogP) is 11.7. The van der Waals surface area contributed by atoms with Crippen LogP contribution in [0.5, 0.6) is 0 Å². The van der Waals surface area contributed by atoms with Gasteiger partial charge in [-0.3, -0.25) is 18.6 Å². The molecule has 0 rings (SSSR count). The number of allylic oxidation sites excluding steroid dienone is 10. The zero-order valence-corrected chi connectivity index (χ0v) is 35.8. The molecule has 0 aliphatic heterocycles. The van der Waals surface area contributed by atoms with Crippen molar-refractivity contribution in [1.82, 2.24) is 0 Å². The molecular weight excluding hydrogens is 701 g/mol. The lowest BCUT2D eigenvalue weighted by Crippen LogP contribution is -2.37. The summed E-state index contributed by atoms with van der Waals surface area (Å²) in [5.74, 6) is -0.869. The highest BCUT2D eigenvalue weighted by atomic mass is 31.2. The van der Waals surface area contributed by atoms with E-state index < -0.39 is 26.5 Å². The molecular formula is C44H79NO8P+. The number of phosphoric ester groups is 1. The first-order valence-electron chi connectivity index (χ1n) is 21.0. The fraction of sp³-hybridized carbons (Fsp3) is 0.727. The van der Waals surface area contributed by atoms with Gasteiger partial charge in [0.1, 0.15) is 19.8 Å². The number of hydrogen-bond acceptors (Lipinski definition) is 7. The van der Waals surface area contributed by atoms with Crippen molar-refractivity contribution < 1.29 is 42.1 Å². The topological polar surface area (TPSA) is 108 Å². The van der Waals surface area contributed by atoms with Crippen LogP contribution in [0.4, 0.5) is 0 Å². The highest BCUT2D eigenvalue weighted by molar-refractivity contribution is 7.47. The minimum Gasteiger partial charge on any atom is -0.462 e. The third-order valence-electron chi connectivity index (χ3n) is 8.56. The second kappa shape index (κ2) is 36.4. The Morgan fingerprint density at radius 1 is 0.593 bits per heavy atom. The number of hydrogen-bond donors (Lipinski definition) is 1. The molecule has 0 heterocycles. The number of unbranched alkanes of at least 4 members (excludes halogenated alkanes) is 13. The number of carbonyl (C=O) groups excluding carboxylic acids is 2. The largest absolute Gasteiger partial charge is 0.472 e. The molecule has 0 amide bonds. The van der Waals surface area contributed by atoms with E-state index in [4.69, 9.17) is 18.5 Å². The van der Waals surface area contributed by atoms with Crippen molar-refractivity contribution in [3.05, 3.63) is 60.8 Å². The van der Waals surface area contributed by atoms with Crippen LogP contribution in [0.1, 0.15) is 155 Å². The maximum atomic E-state index is 12.6. The highest BCUT2D eigenvalue weighted by Gasteiger charge is 2.27. The Labute approximate surface area is 330 Å². The van der Waals surface area contributed by atoms with Gasteiger partial charge in [-0.1, -0.05) is 152 Å². The Balaban J connectivity index is 4.50. The SMILES string of the molecule is CC/C=C/C/C=C/C/C=C/C/C=C/C/C=C/CCCC(=O)O[C@H](COC(=O)CCCCCCCCCCCCCCC)COP(=O)(O)OCC[N+](C)(C)C. The van der Waals surface area contributed by atoms with Gasteiger partial charge in [-0.05, 0) is 51.4 Å². The highest BCUT2D eigenvalue weighted by Crippen LogP contribution is 2.43. The number of ether oxygens (including phenoxy) is 2. The van der Waals surface area contributed by atoms with E-state index in [0.29, 0.717) is 23.9 Å². The minimum atomic E-state index is -4.39. The van der Waals surface area contributed by atoms with Gasteiger partial charge in [-0.25, -0.2) is 4.57 Å². The van der Waals surface area contributed by atoms with Crippen molar-refractivity contribution in [2.45, 2.75) is 161 Å². The van der Waals surface area contributed by atoms with E-state index in [-0.39, 0.29) is 32.0 Å². The second-order valence-corrected chi connectivity index (χ2v) is 16.5. The zero-order chi connectivity index (χ0) is 40.0. The Morgan fingerprint density at radius 2 is 1.06 bits per heavy atom. The predicted molar refractivity (Wildman–Crippen MR) is 224 cm³/mol. The summed E-state index contributed by atoms with van der Waals surface area (Å²) >= 11 is 0. The lowest BCUT2D eigenvalue weighted by molar-refractivity contribution is -0.870. The summed E-state index contributed by atoms with van der Waals surface area (Å²) in [5.41, 5.74) is 0. The smallest absolute Gasteiger partial charge is 0.462 e. The van der Waals surface area contributed by atoms with E-state index in [1.165, 1.54) is 64.2 Å². The molecule has 0 radical (unpaired) electrons. The maximum absolute atomic E-state index is 12.6. The molecule has 0 saturated carbocycles. The lowest BCUT2D eigenvalue weighted by Gasteiger charge is -2.24. The van der Waals surface area contributed by atoms with E-state index in [1.54, 1.807) is 0 Å². The average Bonchev–Trinajstić information content (AvgIpc) is 3.12. The van der Waals surface area contributed by atoms with Crippen molar-refractivity contribution in [3.63, 3.8) is 0 Å². The summed E-state index contributed by atoms with van der Waals surface area (Å²) in [5, 5.41) is 0. The normalized spacial score (nSPS) is 14.3. The van der Waals surface area contributed by atoms with Gasteiger partial charge in [0, 0.05) is 12.8 Å². The molecule has 0 fully saturated rings. The van der Waals surface area contributed by atoms with E-state index in [2.05, 4.69) is 68.5 Å². The Morgan fingerprint density at radius 3 is 1.56 bits per heavy atom. The van der Waals surface area contributed by atoms with Crippen LogP contribution >= 0.6 is 7.82 Å². The molecule has 1 N–H and O–H groups in total. The number of carbonyl (C=O) groups is 2. The van der Waals surface area contributed by atoms with E-state index in [1.807, 2.05) is 27.2 Å². The van der Waals surface area contributed by atoms with Gasteiger partial charge in [0.2, 0.25) is 0 Å². The van der Waals surface area contributed by atoms with Crippen LogP contribution in [-0.2, 0) is 32.7 Å². The fourth-order valence-corrected chi connectivity index (χ4v) is 6.03. The molecule has 0 bridgehead atoms. The molecule has 0 aromatic carbocycles. The molecule has 0 aromatic rings. The molecule has 0 aromatic heterocycles. The first kappa shape index (κ1) is 51.7. The monoisotopic (exact) mass is 781 g/mol. The number of rotatable bonds is 37. The molecule has 1 unspecified atom stereocenters. The van der Waals surface area contributed by atoms with Crippen LogP contribution in [-0.4, -0.2) is 74.9 Å². The van der Waals surface area contributed by atoms with Crippen LogP contribution in [0.25, 0.3) is 0 Å². The standard InChI is InChI=1S/C44H78NO8P/c1-6-8-10-12-14-16-18-20-21-22-23-25-27-29-31-33-35-37-44(47)53-42(41-52-54(48,49)51-39-38-45(3,4)5)40-50-43(46)36-34-32-30-28-26-24-19-17-15-13-11-9-7-2/h8,10,14,16,20-21,23,25,29,31,42H,6-7,9,11-13,15,17-19,22,24,26-28,30,32-41H2,1-5H3/p+1/b10-8+,16-14+,21-20+,25-23+,31-29+/t42-/m1/s1. The van der Waals surface area contributed by atoms with Crippen molar-refractivity contribution >= 4 is 19.8 Å². The second-order valence-electron chi connectivity index (χ2n) is 15.0. The summed E-state index contributed by atoms with van der Waals surface area (Å²) in [6.45, 7) is 4.23. The maximum Gasteiger partial charge on any atom is 0.472 e. The van der Waals surface area contributed by atoms with Gasteiger partial charge in [-0.15, -0.1) is 0 Å². The van der Waals surface area contributed by atoms with Crippen LogP contribution in [0, 0.1) is 0 Å². The first-order chi connectivity index (χ1) is 26.0. The van der Waals surface area contributed by atoms with Gasteiger partial charge in [-0.2, -0.15) is 0 Å². The van der Waals surface area contributed by atoms with Crippen molar-refractivity contribution in [2.75, 3.05) is 47.5 Å². The molecule has 2 atom stereocenters. The first-order valence-corrected chi connectivity index (χ1v) is 22.5. The van der Waals surface area contributed by atoms with E-state index in [0.717, 1.165) is 51.4 Å². The summed E-state index contributed by atoms with van der Waals surface area (Å²) in [6.07, 6.45) is 42.7.